The Labute approximate surface area is 132 Å². The summed E-state index contributed by atoms with van der Waals surface area (Å²) in [4.78, 5) is 13.4. The molecule has 7 heteroatoms. The average Bonchev–Trinajstić information content (AvgIpc) is 2.95. The molecule has 2 aromatic rings. The first-order valence-corrected chi connectivity index (χ1v) is 8.08. The minimum atomic E-state index is -0.837. The number of carbonyl (C=O) groups excluding carboxylic acids is 1. The van der Waals surface area contributed by atoms with Crippen molar-refractivity contribution in [1.29, 1.82) is 0 Å². The van der Waals surface area contributed by atoms with E-state index in [0.29, 0.717) is 13.5 Å². The highest BCUT2D eigenvalue weighted by molar-refractivity contribution is 7.18. The number of thiophene rings is 2. The Bertz CT molecular complexity index is 563. The van der Waals surface area contributed by atoms with E-state index in [1.165, 1.54) is 22.7 Å². The monoisotopic (exact) mass is 358 g/mol. The molecule has 0 fully saturated rings. The van der Waals surface area contributed by atoms with Gasteiger partial charge in [-0.25, -0.2) is 0 Å². The lowest BCUT2D eigenvalue weighted by Gasteiger charge is -2.12. The third kappa shape index (κ3) is 3.21. The van der Waals surface area contributed by atoms with Crippen molar-refractivity contribution >= 4 is 74.9 Å². The SMILES string of the molecule is O=C(c1ccc(Cl)s1)[C@@H](Cl)[C@H](Cl)c1ccc(Cl)s1. The summed E-state index contributed by atoms with van der Waals surface area (Å²) in [6.45, 7) is 0. The van der Waals surface area contributed by atoms with Gasteiger partial charge in [0.2, 0.25) is 0 Å². The van der Waals surface area contributed by atoms with Crippen LogP contribution in [0, 0.1) is 0 Å². The summed E-state index contributed by atoms with van der Waals surface area (Å²) < 4.78 is 1.17. The molecule has 96 valence electrons. The van der Waals surface area contributed by atoms with Gasteiger partial charge in [-0.1, -0.05) is 23.2 Å². The van der Waals surface area contributed by atoms with Gasteiger partial charge >= 0.3 is 0 Å². The summed E-state index contributed by atoms with van der Waals surface area (Å²) in [6.07, 6.45) is 0. The first-order valence-electron chi connectivity index (χ1n) is 4.82. The van der Waals surface area contributed by atoms with Crippen LogP contribution in [0.3, 0.4) is 0 Å². The molecule has 1 nitrogen and oxygen atoms in total. The molecule has 0 saturated heterocycles. The molecule has 0 aliphatic heterocycles. The molecule has 0 spiro atoms. The van der Waals surface area contributed by atoms with Crippen LogP contribution in [0.1, 0.15) is 19.9 Å². The lowest BCUT2D eigenvalue weighted by molar-refractivity contribution is 0.0989. The molecular weight excluding hydrogens is 354 g/mol. The van der Waals surface area contributed by atoms with Gasteiger partial charge in [0.15, 0.2) is 5.78 Å². The van der Waals surface area contributed by atoms with Gasteiger partial charge in [-0.05, 0) is 24.3 Å². The number of halogens is 4. The average molecular weight is 360 g/mol. The normalized spacial score (nSPS) is 14.4. The Morgan fingerprint density at radius 1 is 1.00 bits per heavy atom. The first-order chi connectivity index (χ1) is 8.49. The molecule has 0 aromatic carbocycles. The van der Waals surface area contributed by atoms with E-state index in [0.717, 1.165) is 4.88 Å². The van der Waals surface area contributed by atoms with Gasteiger partial charge in [0.1, 0.15) is 5.38 Å². The summed E-state index contributed by atoms with van der Waals surface area (Å²) in [7, 11) is 0. The summed E-state index contributed by atoms with van der Waals surface area (Å²) in [6, 6.07) is 6.81. The van der Waals surface area contributed by atoms with Crippen LogP contribution >= 0.6 is 69.1 Å². The second-order valence-corrected chi connectivity index (χ2v) is 7.82. The molecular formula is C11H6Cl4OS2. The lowest BCUT2D eigenvalue weighted by Crippen LogP contribution is -2.18. The molecule has 0 aliphatic rings. The lowest BCUT2D eigenvalue weighted by atomic mass is 10.1. The Kier molecular flexibility index (Phi) is 4.98. The molecule has 0 amide bonds. The van der Waals surface area contributed by atoms with Gasteiger partial charge < -0.3 is 0 Å². The van der Waals surface area contributed by atoms with Crippen molar-refractivity contribution in [3.8, 4) is 0 Å². The van der Waals surface area contributed by atoms with E-state index in [9.17, 15) is 4.79 Å². The third-order valence-electron chi connectivity index (χ3n) is 2.19. The predicted octanol–water partition coefficient (Wildman–Crippen LogP) is 5.89. The summed E-state index contributed by atoms with van der Waals surface area (Å²) >= 11 is 26.4. The van der Waals surface area contributed by atoms with Crippen LogP contribution in [0.15, 0.2) is 24.3 Å². The zero-order valence-electron chi connectivity index (χ0n) is 8.70. The van der Waals surface area contributed by atoms with Crippen molar-refractivity contribution in [3.05, 3.63) is 42.7 Å². The molecule has 2 atom stereocenters. The Morgan fingerprint density at radius 3 is 2.11 bits per heavy atom. The highest BCUT2D eigenvalue weighted by atomic mass is 35.5. The van der Waals surface area contributed by atoms with E-state index in [2.05, 4.69) is 0 Å². The van der Waals surface area contributed by atoms with Crippen molar-refractivity contribution in [2.24, 2.45) is 0 Å². The van der Waals surface area contributed by atoms with Crippen LogP contribution in [0.2, 0.25) is 8.67 Å². The topological polar surface area (TPSA) is 17.1 Å². The van der Waals surface area contributed by atoms with Gasteiger partial charge in [-0.15, -0.1) is 45.9 Å². The summed E-state index contributed by atoms with van der Waals surface area (Å²) in [5.74, 6) is -0.224. The second kappa shape index (κ2) is 6.12. The van der Waals surface area contributed by atoms with E-state index in [4.69, 9.17) is 46.4 Å². The highest BCUT2D eigenvalue weighted by Crippen LogP contribution is 2.37. The zero-order valence-corrected chi connectivity index (χ0v) is 13.4. The van der Waals surface area contributed by atoms with Crippen LogP contribution in [0.4, 0.5) is 0 Å². The fraction of sp³-hybridized carbons (Fsp3) is 0.182. The number of alkyl halides is 2. The fourth-order valence-electron chi connectivity index (χ4n) is 1.34. The molecule has 0 saturated carbocycles. The van der Waals surface area contributed by atoms with Gasteiger partial charge in [0.05, 0.1) is 18.9 Å². The highest BCUT2D eigenvalue weighted by Gasteiger charge is 2.28. The van der Waals surface area contributed by atoms with Crippen molar-refractivity contribution < 1.29 is 4.79 Å². The number of hydrogen-bond donors (Lipinski definition) is 0. The number of carbonyl (C=O) groups is 1. The predicted molar refractivity (Wildman–Crippen MR) is 81.2 cm³/mol. The molecule has 2 aromatic heterocycles. The molecule has 0 aliphatic carbocycles. The Hall–Kier alpha value is 0.230. The number of hydrogen-bond acceptors (Lipinski definition) is 3. The van der Waals surface area contributed by atoms with Crippen molar-refractivity contribution in [2.75, 3.05) is 0 Å². The maximum Gasteiger partial charge on any atom is 0.192 e. The number of rotatable bonds is 4. The Balaban J connectivity index is 2.16. The molecule has 18 heavy (non-hydrogen) atoms. The zero-order chi connectivity index (χ0) is 13.3. The molecule has 0 radical (unpaired) electrons. The quantitative estimate of drug-likeness (QED) is 0.491. The fourth-order valence-corrected chi connectivity index (χ4v) is 4.15. The van der Waals surface area contributed by atoms with Gasteiger partial charge in [0.25, 0.3) is 0 Å². The maximum absolute atomic E-state index is 12.1. The number of Topliss-reactive ketones (excluding diaryl/α,β-unsaturated/α-hetero) is 1. The standard InChI is InChI=1S/C11H6Cl4OS2/c12-7-3-1-5(17-7)9(14)10(15)11(16)6-2-4-8(13)18-6/h1-4,9-10H/t9-,10+/m1/s1. The molecule has 2 heterocycles. The molecule has 2 rings (SSSR count). The van der Waals surface area contributed by atoms with E-state index < -0.39 is 10.8 Å². The maximum atomic E-state index is 12.1. The third-order valence-corrected chi connectivity index (χ3v) is 5.94. The molecule has 0 N–H and O–H groups in total. The minimum Gasteiger partial charge on any atom is -0.292 e. The minimum absolute atomic E-state index is 0.224. The van der Waals surface area contributed by atoms with Gasteiger partial charge in [-0.3, -0.25) is 4.79 Å². The number of ketones is 1. The van der Waals surface area contributed by atoms with Crippen LogP contribution in [0.5, 0.6) is 0 Å². The van der Waals surface area contributed by atoms with Crippen molar-refractivity contribution in [3.63, 3.8) is 0 Å². The van der Waals surface area contributed by atoms with Crippen molar-refractivity contribution in [2.45, 2.75) is 10.8 Å². The smallest absolute Gasteiger partial charge is 0.192 e. The van der Waals surface area contributed by atoms with E-state index >= 15 is 0 Å². The van der Waals surface area contributed by atoms with Crippen molar-refractivity contribution in [1.82, 2.24) is 0 Å². The van der Waals surface area contributed by atoms with Gasteiger partial charge in [-0.2, -0.15) is 0 Å². The van der Waals surface area contributed by atoms with Crippen LogP contribution in [-0.4, -0.2) is 11.2 Å². The summed E-state index contributed by atoms with van der Waals surface area (Å²) in [5, 5.41) is -1.44. The summed E-state index contributed by atoms with van der Waals surface area (Å²) in [5.41, 5.74) is 0. The largest absolute Gasteiger partial charge is 0.292 e. The molecule has 0 bridgehead atoms. The van der Waals surface area contributed by atoms with E-state index in [-0.39, 0.29) is 5.78 Å². The molecule has 0 unspecified atom stereocenters. The van der Waals surface area contributed by atoms with E-state index in [1.54, 1.807) is 24.3 Å². The van der Waals surface area contributed by atoms with Gasteiger partial charge in [0, 0.05) is 4.88 Å². The Morgan fingerprint density at radius 2 is 1.61 bits per heavy atom. The van der Waals surface area contributed by atoms with Crippen LogP contribution in [-0.2, 0) is 0 Å². The van der Waals surface area contributed by atoms with Crippen LogP contribution < -0.4 is 0 Å². The van der Waals surface area contributed by atoms with Crippen LogP contribution in [0.25, 0.3) is 0 Å². The second-order valence-electron chi connectivity index (χ2n) is 3.41. The van der Waals surface area contributed by atoms with E-state index in [1.807, 2.05) is 0 Å². The first kappa shape index (κ1) is 14.6.